The van der Waals surface area contributed by atoms with Gasteiger partial charge in [0.15, 0.2) is 0 Å². The van der Waals surface area contributed by atoms with E-state index in [0.717, 1.165) is 16.7 Å². The molecule has 0 aromatic heterocycles. The molecule has 5 nitrogen and oxygen atoms in total. The summed E-state index contributed by atoms with van der Waals surface area (Å²) < 4.78 is 38.1. The predicted octanol–water partition coefficient (Wildman–Crippen LogP) is 4.43. The average molecular weight is 453 g/mol. The first kappa shape index (κ1) is 23.5. The lowest BCUT2D eigenvalue weighted by molar-refractivity contribution is -0.289. The Kier molecular flexibility index (Phi) is 8.58. The number of hydrogen-bond acceptors (Lipinski definition) is 5. The Morgan fingerprint density at radius 1 is 0.667 bits per heavy atom. The van der Waals surface area contributed by atoms with E-state index < -0.39 is 30.8 Å². The smallest absolute Gasteiger partial charge is 0.228 e. The van der Waals surface area contributed by atoms with Crippen molar-refractivity contribution in [2.75, 3.05) is 6.61 Å². The zero-order valence-corrected chi connectivity index (χ0v) is 18.3. The molecule has 0 radical (unpaired) electrons. The number of hydrogen-bond donors (Lipinski definition) is 1. The molecule has 33 heavy (non-hydrogen) atoms. The highest BCUT2D eigenvalue weighted by atomic mass is 19.1. The minimum absolute atomic E-state index is 0.0348. The zero-order chi connectivity index (χ0) is 22.9. The molecule has 1 heterocycles. The van der Waals surface area contributed by atoms with Gasteiger partial charge in [-0.2, -0.15) is 0 Å². The van der Waals surface area contributed by atoms with Gasteiger partial charge in [0.2, 0.25) is 6.36 Å². The molecule has 0 saturated carbocycles. The molecule has 1 aliphatic heterocycles. The molecule has 1 aliphatic rings. The minimum Gasteiger partial charge on any atom is -0.387 e. The van der Waals surface area contributed by atoms with E-state index in [4.69, 9.17) is 18.9 Å². The van der Waals surface area contributed by atoms with Crippen LogP contribution < -0.4 is 0 Å². The van der Waals surface area contributed by atoms with Crippen molar-refractivity contribution < 1.29 is 28.4 Å². The van der Waals surface area contributed by atoms with Crippen LogP contribution in [0.1, 0.15) is 16.7 Å². The van der Waals surface area contributed by atoms with Crippen molar-refractivity contribution >= 4 is 0 Å². The summed E-state index contributed by atoms with van der Waals surface area (Å²) in [5, 5.41) is 11.0. The third kappa shape index (κ3) is 6.69. The first-order valence-electron chi connectivity index (χ1n) is 11.1. The molecule has 3 aromatic rings. The van der Waals surface area contributed by atoms with Gasteiger partial charge in [-0.1, -0.05) is 91.0 Å². The van der Waals surface area contributed by atoms with Crippen LogP contribution in [0.4, 0.5) is 4.39 Å². The maximum atomic E-state index is 15.1. The largest absolute Gasteiger partial charge is 0.387 e. The summed E-state index contributed by atoms with van der Waals surface area (Å²) in [6.07, 6.45) is -5.74. The summed E-state index contributed by atoms with van der Waals surface area (Å²) in [4.78, 5) is 0. The summed E-state index contributed by atoms with van der Waals surface area (Å²) in [6, 6.07) is 28.7. The number of halogens is 1. The second-order valence-electron chi connectivity index (χ2n) is 8.04. The van der Waals surface area contributed by atoms with Crippen LogP contribution in [-0.4, -0.2) is 42.5 Å². The van der Waals surface area contributed by atoms with Crippen molar-refractivity contribution in [3.63, 3.8) is 0 Å². The van der Waals surface area contributed by atoms with E-state index in [0.29, 0.717) is 6.61 Å². The molecule has 1 saturated heterocycles. The first-order chi connectivity index (χ1) is 16.2. The molecule has 5 atom stereocenters. The topological polar surface area (TPSA) is 57.2 Å². The van der Waals surface area contributed by atoms with Gasteiger partial charge in [-0.25, -0.2) is 4.39 Å². The normalized spacial score (nSPS) is 25.1. The van der Waals surface area contributed by atoms with Crippen molar-refractivity contribution in [2.24, 2.45) is 0 Å². The second-order valence-corrected chi connectivity index (χ2v) is 8.04. The van der Waals surface area contributed by atoms with Gasteiger partial charge in [0.1, 0.15) is 24.4 Å². The molecule has 0 bridgehead atoms. The highest BCUT2D eigenvalue weighted by Gasteiger charge is 2.47. The number of aliphatic hydroxyl groups excluding tert-OH is 1. The Bertz CT molecular complexity index is 941. The monoisotopic (exact) mass is 452 g/mol. The molecule has 1 N–H and O–H groups in total. The summed E-state index contributed by atoms with van der Waals surface area (Å²) in [6.45, 7) is 0.779. The van der Waals surface area contributed by atoms with E-state index in [9.17, 15) is 5.11 Å². The van der Waals surface area contributed by atoms with E-state index in [1.807, 2.05) is 91.0 Å². The number of aliphatic hydroxyl groups is 1. The quantitative estimate of drug-likeness (QED) is 0.493. The van der Waals surface area contributed by atoms with Gasteiger partial charge in [0, 0.05) is 0 Å². The highest BCUT2D eigenvalue weighted by molar-refractivity contribution is 5.15. The first-order valence-corrected chi connectivity index (χ1v) is 11.1. The fourth-order valence-electron chi connectivity index (χ4n) is 3.78. The van der Waals surface area contributed by atoms with Gasteiger partial charge in [-0.3, -0.25) is 0 Å². The fraction of sp³-hybridized carbons (Fsp3) is 0.333. The Balaban J connectivity index is 1.41. The maximum Gasteiger partial charge on any atom is 0.228 e. The maximum absolute atomic E-state index is 15.1. The standard InChI is InChI=1S/C27H29FO5/c28-27-26(32-18-22-14-8-3-9-15-22)25(31-17-21-12-6-2-7-13-21)24(29)23(33-27)19-30-16-20-10-4-1-5-11-20/h1-15,23-27,29H,16-19H2/t23-,24+,25+,26-,27+/m1/s1. The van der Waals surface area contributed by atoms with Gasteiger partial charge in [0.05, 0.1) is 26.4 Å². The lowest BCUT2D eigenvalue weighted by Gasteiger charge is -2.41. The molecule has 6 heteroatoms. The Morgan fingerprint density at radius 3 is 1.64 bits per heavy atom. The number of ether oxygens (including phenoxy) is 4. The SMILES string of the molecule is O[C@@H]1[C@H](OCc2ccccc2)[C@@H](OCc2ccccc2)[C@@H](F)O[C@@H]1COCc1ccccc1. The molecule has 0 unspecified atom stereocenters. The lowest BCUT2D eigenvalue weighted by atomic mass is 9.99. The molecule has 0 spiro atoms. The highest BCUT2D eigenvalue weighted by Crippen LogP contribution is 2.29. The van der Waals surface area contributed by atoms with Crippen molar-refractivity contribution in [1.82, 2.24) is 0 Å². The Labute approximate surface area is 193 Å². The average Bonchev–Trinajstić information content (AvgIpc) is 2.86. The van der Waals surface area contributed by atoms with E-state index >= 15 is 4.39 Å². The second kappa shape index (κ2) is 12.0. The van der Waals surface area contributed by atoms with Crippen LogP contribution in [0.15, 0.2) is 91.0 Å². The Hall–Kier alpha value is -2.61. The van der Waals surface area contributed by atoms with E-state index in [2.05, 4.69) is 0 Å². The molecule has 4 rings (SSSR count). The summed E-state index contributed by atoms with van der Waals surface area (Å²) in [5.41, 5.74) is 2.81. The fourth-order valence-corrected chi connectivity index (χ4v) is 3.78. The van der Waals surface area contributed by atoms with E-state index in [1.165, 1.54) is 0 Å². The van der Waals surface area contributed by atoms with Crippen LogP contribution in [0.3, 0.4) is 0 Å². The minimum atomic E-state index is -1.76. The number of benzene rings is 3. The lowest BCUT2D eigenvalue weighted by Crippen LogP contribution is -2.59. The van der Waals surface area contributed by atoms with Crippen molar-refractivity contribution in [1.29, 1.82) is 0 Å². The molecule has 0 amide bonds. The van der Waals surface area contributed by atoms with Gasteiger partial charge < -0.3 is 24.1 Å². The van der Waals surface area contributed by atoms with Crippen LogP contribution in [0.25, 0.3) is 0 Å². The van der Waals surface area contributed by atoms with Crippen LogP contribution in [0.2, 0.25) is 0 Å². The van der Waals surface area contributed by atoms with Gasteiger partial charge in [-0.15, -0.1) is 0 Å². The third-order valence-corrected chi connectivity index (χ3v) is 5.57. The molecule has 3 aromatic carbocycles. The van der Waals surface area contributed by atoms with Crippen LogP contribution in [-0.2, 0) is 38.8 Å². The number of alkyl halides is 1. The predicted molar refractivity (Wildman–Crippen MR) is 122 cm³/mol. The summed E-state index contributed by atoms with van der Waals surface area (Å²) >= 11 is 0. The Morgan fingerprint density at radius 2 is 1.12 bits per heavy atom. The molecule has 1 fully saturated rings. The molecular weight excluding hydrogens is 423 g/mol. The van der Waals surface area contributed by atoms with E-state index in [1.54, 1.807) is 0 Å². The molecular formula is C27H29FO5. The van der Waals surface area contributed by atoms with Gasteiger partial charge >= 0.3 is 0 Å². The third-order valence-electron chi connectivity index (χ3n) is 5.57. The number of rotatable bonds is 10. The zero-order valence-electron chi connectivity index (χ0n) is 18.3. The molecule has 174 valence electrons. The van der Waals surface area contributed by atoms with Crippen molar-refractivity contribution in [3.8, 4) is 0 Å². The van der Waals surface area contributed by atoms with Crippen molar-refractivity contribution in [2.45, 2.75) is 50.6 Å². The van der Waals surface area contributed by atoms with Crippen LogP contribution >= 0.6 is 0 Å². The van der Waals surface area contributed by atoms with Gasteiger partial charge in [0.25, 0.3) is 0 Å². The molecule has 0 aliphatic carbocycles. The summed E-state index contributed by atoms with van der Waals surface area (Å²) in [5.74, 6) is 0. The van der Waals surface area contributed by atoms with Gasteiger partial charge in [-0.05, 0) is 16.7 Å². The van der Waals surface area contributed by atoms with Crippen LogP contribution in [0.5, 0.6) is 0 Å². The van der Waals surface area contributed by atoms with Crippen molar-refractivity contribution in [3.05, 3.63) is 108 Å². The summed E-state index contributed by atoms with van der Waals surface area (Å²) in [7, 11) is 0. The van der Waals surface area contributed by atoms with Crippen LogP contribution in [0, 0.1) is 0 Å². The van der Waals surface area contributed by atoms with E-state index in [-0.39, 0.29) is 19.8 Å².